The molecule has 0 aliphatic carbocycles. The molecule has 116 valence electrons. The Morgan fingerprint density at radius 2 is 1.81 bits per heavy atom. The number of benzene rings is 1. The highest BCUT2D eigenvalue weighted by Gasteiger charge is 2.35. The Labute approximate surface area is 120 Å². The number of carbonyl (C=O) groups is 2. The highest BCUT2D eigenvalue weighted by atomic mass is 19.4. The third-order valence-corrected chi connectivity index (χ3v) is 2.83. The van der Waals surface area contributed by atoms with Crippen molar-refractivity contribution < 1.29 is 22.8 Å². The fraction of sp³-hybridized carbons (Fsp3) is 0.429. The maximum atomic E-state index is 12.8. The molecule has 0 heterocycles. The van der Waals surface area contributed by atoms with Gasteiger partial charge in [-0.2, -0.15) is 13.2 Å². The van der Waals surface area contributed by atoms with Gasteiger partial charge in [-0.1, -0.05) is 26.0 Å². The van der Waals surface area contributed by atoms with E-state index in [1.807, 2.05) is 13.8 Å². The minimum atomic E-state index is -4.64. The van der Waals surface area contributed by atoms with E-state index < -0.39 is 35.2 Å². The quantitative estimate of drug-likeness (QED) is 0.876. The van der Waals surface area contributed by atoms with Crippen LogP contribution in [0.5, 0.6) is 0 Å². The lowest BCUT2D eigenvalue weighted by Gasteiger charge is -2.19. The number of hydrogen-bond donors (Lipinski definition) is 2. The van der Waals surface area contributed by atoms with E-state index in [0.717, 1.165) is 12.1 Å². The van der Waals surface area contributed by atoms with Gasteiger partial charge < -0.3 is 11.1 Å². The van der Waals surface area contributed by atoms with Crippen molar-refractivity contribution in [3.05, 3.63) is 35.4 Å². The van der Waals surface area contributed by atoms with Gasteiger partial charge >= 0.3 is 6.18 Å². The predicted molar refractivity (Wildman–Crippen MR) is 71.3 cm³/mol. The molecule has 1 atom stereocenters. The second-order valence-electron chi connectivity index (χ2n) is 5.10. The second kappa shape index (κ2) is 6.60. The highest BCUT2D eigenvalue weighted by Crippen LogP contribution is 2.31. The second-order valence-corrected chi connectivity index (χ2v) is 5.10. The van der Waals surface area contributed by atoms with Crippen LogP contribution >= 0.6 is 0 Å². The topological polar surface area (TPSA) is 72.2 Å². The van der Waals surface area contributed by atoms with E-state index in [0.29, 0.717) is 0 Å². The lowest BCUT2D eigenvalue weighted by atomic mass is 10.0. The van der Waals surface area contributed by atoms with Crippen LogP contribution in [0.15, 0.2) is 24.3 Å². The molecule has 0 aliphatic heterocycles. The Morgan fingerprint density at radius 3 is 2.29 bits per heavy atom. The van der Waals surface area contributed by atoms with Crippen molar-refractivity contribution >= 4 is 11.8 Å². The van der Waals surface area contributed by atoms with E-state index in [2.05, 4.69) is 5.32 Å². The zero-order valence-electron chi connectivity index (χ0n) is 11.7. The minimum absolute atomic E-state index is 0.0562. The normalized spacial score (nSPS) is 13.0. The molecule has 21 heavy (non-hydrogen) atoms. The van der Waals surface area contributed by atoms with Crippen molar-refractivity contribution in [3.8, 4) is 0 Å². The SMILES string of the molecule is CC(C)C[C@H](NC(=O)c1ccccc1C(F)(F)F)C(N)=O. The molecule has 0 saturated carbocycles. The lowest BCUT2D eigenvalue weighted by Crippen LogP contribution is -2.45. The van der Waals surface area contributed by atoms with E-state index >= 15 is 0 Å². The molecule has 0 aromatic heterocycles. The molecule has 2 amide bonds. The van der Waals surface area contributed by atoms with Crippen molar-refractivity contribution in [1.29, 1.82) is 0 Å². The van der Waals surface area contributed by atoms with Gasteiger partial charge in [0.15, 0.2) is 0 Å². The summed E-state index contributed by atoms with van der Waals surface area (Å²) in [6.07, 6.45) is -4.39. The van der Waals surface area contributed by atoms with Gasteiger partial charge in [-0.15, -0.1) is 0 Å². The number of rotatable bonds is 5. The number of amides is 2. The molecular weight excluding hydrogens is 285 g/mol. The number of halogens is 3. The number of alkyl halides is 3. The van der Waals surface area contributed by atoms with Crippen LogP contribution in [0, 0.1) is 5.92 Å². The Hall–Kier alpha value is -2.05. The molecule has 0 unspecified atom stereocenters. The maximum Gasteiger partial charge on any atom is 0.417 e. The van der Waals surface area contributed by atoms with Gasteiger partial charge in [0, 0.05) is 0 Å². The molecule has 0 aliphatic rings. The first-order valence-electron chi connectivity index (χ1n) is 6.39. The lowest BCUT2D eigenvalue weighted by molar-refractivity contribution is -0.137. The number of carbonyl (C=O) groups excluding carboxylic acids is 2. The molecule has 1 rings (SSSR count). The number of primary amides is 1. The summed E-state index contributed by atoms with van der Waals surface area (Å²) in [6, 6.07) is 3.40. The third kappa shape index (κ3) is 4.77. The van der Waals surface area contributed by atoms with E-state index in [9.17, 15) is 22.8 Å². The molecular formula is C14H17F3N2O2. The van der Waals surface area contributed by atoms with Crippen LogP contribution in [0.2, 0.25) is 0 Å². The fourth-order valence-corrected chi connectivity index (χ4v) is 1.88. The van der Waals surface area contributed by atoms with Gasteiger partial charge in [0.2, 0.25) is 5.91 Å². The van der Waals surface area contributed by atoms with Crippen LogP contribution in [0.3, 0.4) is 0 Å². The molecule has 0 saturated heterocycles. The highest BCUT2D eigenvalue weighted by molar-refractivity contribution is 5.98. The van der Waals surface area contributed by atoms with E-state index in [4.69, 9.17) is 5.73 Å². The Morgan fingerprint density at radius 1 is 1.24 bits per heavy atom. The summed E-state index contributed by atoms with van der Waals surface area (Å²) in [4.78, 5) is 23.3. The fourth-order valence-electron chi connectivity index (χ4n) is 1.88. The van der Waals surface area contributed by atoms with Crippen molar-refractivity contribution in [2.75, 3.05) is 0 Å². The Balaban J connectivity index is 3.01. The first kappa shape index (κ1) is 17.0. The van der Waals surface area contributed by atoms with Crippen LogP contribution in [0.1, 0.15) is 36.2 Å². The van der Waals surface area contributed by atoms with Gasteiger partial charge in [0.1, 0.15) is 6.04 Å². The van der Waals surface area contributed by atoms with Crippen LogP contribution in [-0.2, 0) is 11.0 Å². The average Bonchev–Trinajstić information content (AvgIpc) is 2.36. The van der Waals surface area contributed by atoms with Gasteiger partial charge in [-0.3, -0.25) is 9.59 Å². The van der Waals surface area contributed by atoms with E-state index in [1.165, 1.54) is 12.1 Å². The molecule has 0 bridgehead atoms. The van der Waals surface area contributed by atoms with Crippen molar-refractivity contribution in [1.82, 2.24) is 5.32 Å². The van der Waals surface area contributed by atoms with Crippen molar-refractivity contribution in [3.63, 3.8) is 0 Å². The standard InChI is InChI=1S/C14H17F3N2O2/c1-8(2)7-11(12(18)20)19-13(21)9-5-3-4-6-10(9)14(15,16)17/h3-6,8,11H,7H2,1-2H3,(H2,18,20)(H,19,21)/t11-/m0/s1. The van der Waals surface area contributed by atoms with Crippen LogP contribution in [0.25, 0.3) is 0 Å². The molecule has 4 nitrogen and oxygen atoms in total. The van der Waals surface area contributed by atoms with Crippen LogP contribution in [-0.4, -0.2) is 17.9 Å². The number of nitrogens with one attached hydrogen (secondary N) is 1. The zero-order valence-corrected chi connectivity index (χ0v) is 11.7. The number of hydrogen-bond acceptors (Lipinski definition) is 2. The monoisotopic (exact) mass is 302 g/mol. The Bertz CT molecular complexity index is 527. The third-order valence-electron chi connectivity index (χ3n) is 2.83. The van der Waals surface area contributed by atoms with Gasteiger partial charge in [-0.25, -0.2) is 0 Å². The maximum absolute atomic E-state index is 12.8. The molecule has 0 spiro atoms. The number of nitrogens with two attached hydrogens (primary N) is 1. The smallest absolute Gasteiger partial charge is 0.368 e. The first-order chi connectivity index (χ1) is 9.62. The summed E-state index contributed by atoms with van der Waals surface area (Å²) in [5.41, 5.74) is 3.59. The van der Waals surface area contributed by atoms with Gasteiger partial charge in [0.05, 0.1) is 11.1 Å². The zero-order chi connectivity index (χ0) is 16.2. The molecule has 3 N–H and O–H groups in total. The summed E-state index contributed by atoms with van der Waals surface area (Å²) in [5, 5.41) is 2.26. The summed E-state index contributed by atoms with van der Waals surface area (Å²) in [6.45, 7) is 3.62. The summed E-state index contributed by atoms with van der Waals surface area (Å²) >= 11 is 0. The van der Waals surface area contributed by atoms with Crippen molar-refractivity contribution in [2.24, 2.45) is 11.7 Å². The molecule has 1 aromatic carbocycles. The molecule has 0 fully saturated rings. The summed E-state index contributed by atoms with van der Waals surface area (Å²) in [5.74, 6) is -1.69. The van der Waals surface area contributed by atoms with E-state index in [-0.39, 0.29) is 12.3 Å². The van der Waals surface area contributed by atoms with E-state index in [1.54, 1.807) is 0 Å². The van der Waals surface area contributed by atoms with Crippen LogP contribution < -0.4 is 11.1 Å². The molecule has 7 heteroatoms. The molecule has 0 radical (unpaired) electrons. The minimum Gasteiger partial charge on any atom is -0.368 e. The summed E-state index contributed by atoms with van der Waals surface area (Å²) in [7, 11) is 0. The predicted octanol–water partition coefficient (Wildman–Crippen LogP) is 2.34. The molecule has 1 aromatic rings. The summed E-state index contributed by atoms with van der Waals surface area (Å²) < 4.78 is 38.5. The first-order valence-corrected chi connectivity index (χ1v) is 6.39. The van der Waals surface area contributed by atoms with Crippen molar-refractivity contribution in [2.45, 2.75) is 32.5 Å². The van der Waals surface area contributed by atoms with Gasteiger partial charge in [0.25, 0.3) is 5.91 Å². The average molecular weight is 302 g/mol. The largest absolute Gasteiger partial charge is 0.417 e. The Kier molecular flexibility index (Phi) is 5.34. The van der Waals surface area contributed by atoms with Crippen LogP contribution in [0.4, 0.5) is 13.2 Å². The van der Waals surface area contributed by atoms with Gasteiger partial charge in [-0.05, 0) is 24.5 Å².